The lowest BCUT2D eigenvalue weighted by Gasteiger charge is -2.12. The number of rotatable bonds is 8. The highest BCUT2D eigenvalue weighted by molar-refractivity contribution is 7.74. The van der Waals surface area contributed by atoms with Gasteiger partial charge in [-0.05, 0) is 18.4 Å². The number of ether oxygens (including phenoxy) is 1. The van der Waals surface area contributed by atoms with Crippen LogP contribution in [0.25, 0.3) is 0 Å². The molecule has 1 aromatic carbocycles. The van der Waals surface area contributed by atoms with Crippen LogP contribution < -0.4 is 0 Å². The van der Waals surface area contributed by atoms with Crippen LogP contribution in [-0.2, 0) is 25.2 Å². The lowest BCUT2D eigenvalue weighted by Crippen LogP contribution is -2.17. The Kier molecular flexibility index (Phi) is 7.59. The minimum Gasteiger partial charge on any atom is -0.469 e. The number of hydrogen-bond donors (Lipinski definition) is 1. The van der Waals surface area contributed by atoms with Crippen LogP contribution in [0.3, 0.4) is 0 Å². The molecule has 0 heterocycles. The standard InChI is InChI=1S/C13H18N2O5S/c1-15(20-21(17)18)14-12(9-6-10-13(16)19-2)11-7-4-3-5-8-11/h3-5,7-8H,6,9-10H2,1-2H3,(H,17,18). The van der Waals surface area contributed by atoms with Gasteiger partial charge >= 0.3 is 17.3 Å². The van der Waals surface area contributed by atoms with Crippen molar-refractivity contribution in [2.45, 2.75) is 19.3 Å². The second-order valence-electron chi connectivity index (χ2n) is 4.10. The Morgan fingerprint density at radius 1 is 1.33 bits per heavy atom. The molecule has 0 aromatic heterocycles. The first-order chi connectivity index (χ1) is 10.0. The van der Waals surface area contributed by atoms with Crippen molar-refractivity contribution in [3.63, 3.8) is 0 Å². The van der Waals surface area contributed by atoms with Crippen LogP contribution in [0.15, 0.2) is 35.4 Å². The van der Waals surface area contributed by atoms with Crippen LogP contribution in [0.2, 0.25) is 0 Å². The molecule has 0 spiro atoms. The molecule has 0 saturated heterocycles. The monoisotopic (exact) mass is 314 g/mol. The van der Waals surface area contributed by atoms with Gasteiger partial charge in [0.25, 0.3) is 0 Å². The lowest BCUT2D eigenvalue weighted by molar-refractivity contribution is -0.140. The van der Waals surface area contributed by atoms with E-state index in [0.717, 1.165) is 10.7 Å². The van der Waals surface area contributed by atoms with Crippen molar-refractivity contribution in [3.8, 4) is 0 Å². The maximum absolute atomic E-state index is 11.1. The van der Waals surface area contributed by atoms with Gasteiger partial charge in [-0.3, -0.25) is 9.35 Å². The number of hydroxylamine groups is 1. The Hall–Kier alpha value is -1.77. The van der Waals surface area contributed by atoms with E-state index in [-0.39, 0.29) is 12.4 Å². The number of nitrogens with zero attached hydrogens (tertiary/aromatic N) is 2. The fraction of sp³-hybridized carbons (Fsp3) is 0.385. The summed E-state index contributed by atoms with van der Waals surface area (Å²) in [6.07, 6.45) is 1.33. The Labute approximate surface area is 126 Å². The van der Waals surface area contributed by atoms with Crippen LogP contribution in [-0.4, -0.2) is 39.8 Å². The zero-order valence-corrected chi connectivity index (χ0v) is 12.7. The highest BCUT2D eigenvalue weighted by atomic mass is 32.2. The van der Waals surface area contributed by atoms with Crippen molar-refractivity contribution in [1.29, 1.82) is 0 Å². The maximum atomic E-state index is 11.1. The first-order valence-corrected chi connectivity index (χ1v) is 7.29. The third-order valence-electron chi connectivity index (χ3n) is 2.56. The molecule has 1 unspecified atom stereocenters. The minimum absolute atomic E-state index is 0.277. The summed E-state index contributed by atoms with van der Waals surface area (Å²) in [6, 6.07) is 9.31. The van der Waals surface area contributed by atoms with Crippen molar-refractivity contribution in [2.24, 2.45) is 5.10 Å². The van der Waals surface area contributed by atoms with E-state index in [0.29, 0.717) is 18.6 Å². The molecule has 1 rings (SSSR count). The van der Waals surface area contributed by atoms with E-state index < -0.39 is 11.4 Å². The molecule has 0 amide bonds. The Balaban J connectivity index is 2.77. The van der Waals surface area contributed by atoms with Gasteiger partial charge in [-0.1, -0.05) is 30.3 Å². The summed E-state index contributed by atoms with van der Waals surface area (Å²) >= 11 is -2.44. The molecule has 1 atom stereocenters. The fourth-order valence-corrected chi connectivity index (χ4v) is 1.88. The van der Waals surface area contributed by atoms with E-state index >= 15 is 0 Å². The number of carbonyl (C=O) groups is 1. The highest BCUT2D eigenvalue weighted by Gasteiger charge is 2.09. The van der Waals surface area contributed by atoms with E-state index in [1.54, 1.807) is 0 Å². The van der Waals surface area contributed by atoms with Gasteiger partial charge in [-0.25, -0.2) is 0 Å². The summed E-state index contributed by atoms with van der Waals surface area (Å²) in [5.74, 6) is -0.288. The van der Waals surface area contributed by atoms with E-state index in [4.69, 9.17) is 4.55 Å². The van der Waals surface area contributed by atoms with Gasteiger partial charge < -0.3 is 4.74 Å². The molecule has 0 radical (unpaired) electrons. The molecule has 0 aliphatic carbocycles. The third kappa shape index (κ3) is 6.98. The highest BCUT2D eigenvalue weighted by Crippen LogP contribution is 2.10. The molecule has 0 bridgehead atoms. The summed E-state index contributed by atoms with van der Waals surface area (Å²) in [6.45, 7) is 0. The van der Waals surface area contributed by atoms with Crippen molar-refractivity contribution in [2.75, 3.05) is 14.2 Å². The second kappa shape index (κ2) is 9.22. The zero-order valence-electron chi connectivity index (χ0n) is 11.9. The van der Waals surface area contributed by atoms with Crippen LogP contribution in [0.4, 0.5) is 0 Å². The van der Waals surface area contributed by atoms with Crippen LogP contribution >= 0.6 is 0 Å². The predicted molar refractivity (Wildman–Crippen MR) is 78.5 cm³/mol. The average Bonchev–Trinajstić information content (AvgIpc) is 2.46. The minimum atomic E-state index is -2.44. The van der Waals surface area contributed by atoms with Crippen LogP contribution in [0, 0.1) is 0 Å². The van der Waals surface area contributed by atoms with Gasteiger partial charge in [0.05, 0.1) is 19.9 Å². The number of hydrazone groups is 1. The van der Waals surface area contributed by atoms with Crippen LogP contribution in [0.5, 0.6) is 0 Å². The molecular weight excluding hydrogens is 296 g/mol. The maximum Gasteiger partial charge on any atom is 0.326 e. The van der Waals surface area contributed by atoms with Crippen molar-refractivity contribution < 1.29 is 22.6 Å². The predicted octanol–water partition coefficient (Wildman–Crippen LogP) is 1.73. The zero-order chi connectivity index (χ0) is 15.7. The van der Waals surface area contributed by atoms with E-state index in [9.17, 15) is 9.00 Å². The van der Waals surface area contributed by atoms with Gasteiger partial charge in [0.15, 0.2) is 0 Å². The first-order valence-electron chi connectivity index (χ1n) is 6.25. The summed E-state index contributed by atoms with van der Waals surface area (Å²) in [5.41, 5.74) is 1.49. The molecule has 1 aromatic rings. The summed E-state index contributed by atoms with van der Waals surface area (Å²) in [4.78, 5) is 11.1. The molecule has 0 saturated carbocycles. The molecule has 7 nitrogen and oxygen atoms in total. The van der Waals surface area contributed by atoms with Crippen molar-refractivity contribution >= 4 is 23.0 Å². The van der Waals surface area contributed by atoms with E-state index in [2.05, 4.69) is 14.1 Å². The van der Waals surface area contributed by atoms with Gasteiger partial charge in [0.1, 0.15) is 0 Å². The third-order valence-corrected chi connectivity index (χ3v) is 2.91. The SMILES string of the molecule is COC(=O)CCCC(=NN(C)OS(=O)O)c1ccccc1. The van der Waals surface area contributed by atoms with Gasteiger partial charge in [0, 0.05) is 6.42 Å². The molecule has 0 aliphatic rings. The smallest absolute Gasteiger partial charge is 0.326 e. The Morgan fingerprint density at radius 3 is 2.57 bits per heavy atom. The summed E-state index contributed by atoms with van der Waals surface area (Å²) in [7, 11) is 2.75. The van der Waals surface area contributed by atoms with E-state index in [1.165, 1.54) is 14.2 Å². The van der Waals surface area contributed by atoms with Crippen LogP contribution in [0.1, 0.15) is 24.8 Å². The van der Waals surface area contributed by atoms with Crippen molar-refractivity contribution in [1.82, 2.24) is 5.17 Å². The summed E-state index contributed by atoms with van der Waals surface area (Å²) < 4.78 is 28.4. The normalized spacial score (nSPS) is 12.8. The molecule has 8 heteroatoms. The number of benzene rings is 1. The number of carbonyl (C=O) groups excluding carboxylic acids is 1. The van der Waals surface area contributed by atoms with Gasteiger partial charge in [-0.2, -0.15) is 14.5 Å². The fourth-order valence-electron chi connectivity index (χ4n) is 1.66. The molecule has 21 heavy (non-hydrogen) atoms. The molecule has 1 N–H and O–H groups in total. The van der Waals surface area contributed by atoms with Crippen molar-refractivity contribution in [3.05, 3.63) is 35.9 Å². The average molecular weight is 314 g/mol. The number of methoxy groups -OCH3 is 1. The van der Waals surface area contributed by atoms with Gasteiger partial charge in [-0.15, -0.1) is 4.28 Å². The quantitative estimate of drug-likeness (QED) is 0.340. The second-order valence-corrected chi connectivity index (χ2v) is 4.68. The largest absolute Gasteiger partial charge is 0.469 e. The molecule has 116 valence electrons. The first kappa shape index (κ1) is 17.3. The topological polar surface area (TPSA) is 88.4 Å². The summed E-state index contributed by atoms with van der Waals surface area (Å²) in [5, 5.41) is 5.06. The molecular formula is C13H18N2O5S. The molecule has 0 aliphatic heterocycles. The Bertz CT molecular complexity index is 507. The number of hydrogen-bond acceptors (Lipinski definition) is 6. The van der Waals surface area contributed by atoms with E-state index in [1.807, 2.05) is 30.3 Å². The lowest BCUT2D eigenvalue weighted by atomic mass is 10.0. The van der Waals surface area contributed by atoms with Gasteiger partial charge in [0.2, 0.25) is 0 Å². The number of esters is 1. The Morgan fingerprint density at radius 2 is 2.00 bits per heavy atom. The molecule has 0 fully saturated rings.